The summed E-state index contributed by atoms with van der Waals surface area (Å²) in [6, 6.07) is 19.1. The zero-order chi connectivity index (χ0) is 30.1. The molecule has 0 bridgehead atoms. The minimum Gasteiger partial charge on any atom is -0.492 e. The fourth-order valence-corrected chi connectivity index (χ4v) is 4.63. The third-order valence-electron chi connectivity index (χ3n) is 6.68. The Kier molecular flexibility index (Phi) is 8.31. The monoisotopic (exact) mass is 574 g/mol. The molecule has 0 aliphatic carbocycles. The maximum Gasteiger partial charge on any atom is 0.343 e. The van der Waals surface area contributed by atoms with Crippen LogP contribution in [0.4, 0.5) is 11.4 Å². The number of hydrogen-bond donors (Lipinski definition) is 1. The maximum absolute atomic E-state index is 13.2. The van der Waals surface area contributed by atoms with Crippen LogP contribution in [0.25, 0.3) is 0 Å². The van der Waals surface area contributed by atoms with Crippen LogP contribution in [0, 0.1) is 0 Å². The molecular formula is C33H35ClN2O5. The number of hydrogen-bond acceptors (Lipinski definition) is 6. The molecular weight excluding hydrogens is 540 g/mol. The zero-order valence-corrected chi connectivity index (χ0v) is 25.2. The van der Waals surface area contributed by atoms with Crippen molar-refractivity contribution < 1.29 is 23.9 Å². The molecule has 2 amide bonds. The molecule has 1 aliphatic rings. The van der Waals surface area contributed by atoms with Gasteiger partial charge >= 0.3 is 5.97 Å². The lowest BCUT2D eigenvalue weighted by atomic mass is 9.80. The molecule has 7 nitrogen and oxygen atoms in total. The summed E-state index contributed by atoms with van der Waals surface area (Å²) in [5.74, 6) is -0.860. The van der Waals surface area contributed by atoms with E-state index in [1.54, 1.807) is 48.5 Å². The fraction of sp³-hybridized carbons (Fsp3) is 0.303. The van der Waals surface area contributed by atoms with Crippen molar-refractivity contribution in [2.45, 2.75) is 59.3 Å². The van der Waals surface area contributed by atoms with Gasteiger partial charge in [0.1, 0.15) is 22.2 Å². The van der Waals surface area contributed by atoms with Gasteiger partial charge in [-0.2, -0.15) is 0 Å². The van der Waals surface area contributed by atoms with Crippen LogP contribution in [0.5, 0.6) is 11.5 Å². The fourth-order valence-electron chi connectivity index (χ4n) is 4.41. The van der Waals surface area contributed by atoms with Crippen molar-refractivity contribution in [3.05, 3.63) is 94.1 Å². The number of nitrogens with zero attached hydrogens (tertiary/aromatic N) is 1. The number of halogens is 1. The standard InChI is InChI=1S/C33H35ClN2O5/c1-8-40-26-12-10-9-11-24(26)36-29(37)27(34)28(30(36)38)35-22-16-13-20(14-17-22)31(39)41-25-18-15-21(32(2,3)4)19-23(25)33(5,6)7/h9-19,35H,8H2,1-7H3. The van der Waals surface area contributed by atoms with Crippen molar-refractivity contribution in [1.29, 1.82) is 0 Å². The summed E-state index contributed by atoms with van der Waals surface area (Å²) in [5, 5.41) is 2.69. The predicted octanol–water partition coefficient (Wildman–Crippen LogP) is 7.34. The number of imide groups is 1. The van der Waals surface area contributed by atoms with E-state index in [0.717, 1.165) is 16.0 Å². The SMILES string of the molecule is CCOc1ccccc1N1C(=O)C(Cl)=C(Nc2ccc(C(=O)Oc3ccc(C(C)(C)C)cc3C(C)(C)C)cc2)C1=O. The van der Waals surface area contributed by atoms with Gasteiger partial charge in [-0.25, -0.2) is 9.69 Å². The molecule has 3 aromatic carbocycles. The Morgan fingerprint density at radius 3 is 2.12 bits per heavy atom. The van der Waals surface area contributed by atoms with E-state index in [1.165, 1.54) is 0 Å². The zero-order valence-electron chi connectivity index (χ0n) is 24.4. The quantitative estimate of drug-likeness (QED) is 0.181. The third-order valence-corrected chi connectivity index (χ3v) is 7.03. The van der Waals surface area contributed by atoms with Crippen molar-refractivity contribution in [3.8, 4) is 11.5 Å². The van der Waals surface area contributed by atoms with Crippen LogP contribution in [0.2, 0.25) is 0 Å². The number of para-hydroxylation sites is 2. The lowest BCUT2D eigenvalue weighted by molar-refractivity contribution is -0.120. The lowest BCUT2D eigenvalue weighted by Crippen LogP contribution is -2.32. The second-order valence-corrected chi connectivity index (χ2v) is 12.2. The predicted molar refractivity (Wildman–Crippen MR) is 162 cm³/mol. The van der Waals surface area contributed by atoms with Crippen molar-refractivity contribution in [2.75, 3.05) is 16.8 Å². The van der Waals surface area contributed by atoms with E-state index < -0.39 is 17.8 Å². The Labute approximate surface area is 246 Å². The molecule has 1 aliphatic heterocycles. The highest BCUT2D eigenvalue weighted by molar-refractivity contribution is 6.53. The van der Waals surface area contributed by atoms with Gasteiger partial charge < -0.3 is 14.8 Å². The number of benzene rings is 3. The summed E-state index contributed by atoms with van der Waals surface area (Å²) >= 11 is 6.30. The Morgan fingerprint density at radius 1 is 0.854 bits per heavy atom. The van der Waals surface area contributed by atoms with Gasteiger partial charge in [-0.05, 0) is 65.8 Å². The molecule has 214 valence electrons. The van der Waals surface area contributed by atoms with Gasteiger partial charge in [0.2, 0.25) is 0 Å². The topological polar surface area (TPSA) is 84.9 Å². The first-order chi connectivity index (χ1) is 19.2. The molecule has 0 spiro atoms. The molecule has 1 heterocycles. The molecule has 0 unspecified atom stereocenters. The van der Waals surface area contributed by atoms with Gasteiger partial charge in [0.15, 0.2) is 0 Å². The van der Waals surface area contributed by atoms with Crippen LogP contribution in [0.1, 0.15) is 70.0 Å². The van der Waals surface area contributed by atoms with E-state index in [0.29, 0.717) is 35.0 Å². The van der Waals surface area contributed by atoms with Crippen molar-refractivity contribution >= 4 is 40.8 Å². The summed E-state index contributed by atoms with van der Waals surface area (Å²) in [7, 11) is 0. The molecule has 1 N–H and O–H groups in total. The normalized spacial score (nSPS) is 14.0. The Balaban J connectivity index is 1.52. The highest BCUT2D eigenvalue weighted by Gasteiger charge is 2.40. The number of rotatable bonds is 7. The van der Waals surface area contributed by atoms with Gasteiger partial charge in [-0.15, -0.1) is 0 Å². The Bertz CT molecular complexity index is 1530. The molecule has 0 radical (unpaired) electrons. The van der Waals surface area contributed by atoms with Crippen LogP contribution < -0.4 is 19.7 Å². The van der Waals surface area contributed by atoms with E-state index in [-0.39, 0.29) is 21.6 Å². The van der Waals surface area contributed by atoms with E-state index in [4.69, 9.17) is 21.1 Å². The number of amides is 2. The summed E-state index contributed by atoms with van der Waals surface area (Å²) < 4.78 is 11.4. The molecule has 4 rings (SSSR count). The average Bonchev–Trinajstić information content (AvgIpc) is 3.11. The second kappa shape index (κ2) is 11.4. The number of carbonyl (C=O) groups is 3. The summed E-state index contributed by atoms with van der Waals surface area (Å²) in [5.41, 5.74) is 2.87. The molecule has 0 saturated carbocycles. The van der Waals surface area contributed by atoms with Crippen LogP contribution in [-0.4, -0.2) is 24.4 Å². The van der Waals surface area contributed by atoms with Crippen LogP contribution in [0.15, 0.2) is 77.5 Å². The van der Waals surface area contributed by atoms with E-state index in [2.05, 4.69) is 52.9 Å². The van der Waals surface area contributed by atoms with Crippen LogP contribution in [0.3, 0.4) is 0 Å². The third kappa shape index (κ3) is 6.30. The minimum atomic E-state index is -0.654. The van der Waals surface area contributed by atoms with Gasteiger partial charge in [-0.1, -0.05) is 77.4 Å². The molecule has 0 aromatic heterocycles. The number of nitrogens with one attached hydrogen (secondary N) is 1. The first kappa shape index (κ1) is 29.9. The van der Waals surface area contributed by atoms with Gasteiger partial charge in [0.25, 0.3) is 11.8 Å². The van der Waals surface area contributed by atoms with E-state index in [9.17, 15) is 14.4 Å². The number of carbonyl (C=O) groups excluding carboxylic acids is 3. The van der Waals surface area contributed by atoms with Crippen LogP contribution >= 0.6 is 11.6 Å². The second-order valence-electron chi connectivity index (χ2n) is 11.8. The molecule has 3 aromatic rings. The van der Waals surface area contributed by atoms with Crippen LogP contribution in [-0.2, 0) is 20.4 Å². The largest absolute Gasteiger partial charge is 0.492 e. The molecule has 8 heteroatoms. The van der Waals surface area contributed by atoms with Gasteiger partial charge in [-0.3, -0.25) is 9.59 Å². The first-order valence-electron chi connectivity index (χ1n) is 13.5. The average molecular weight is 575 g/mol. The highest BCUT2D eigenvalue weighted by atomic mass is 35.5. The van der Waals surface area contributed by atoms with E-state index in [1.807, 2.05) is 19.1 Å². The van der Waals surface area contributed by atoms with E-state index >= 15 is 0 Å². The van der Waals surface area contributed by atoms with Gasteiger partial charge in [0, 0.05) is 11.3 Å². The number of ether oxygens (including phenoxy) is 2. The van der Waals surface area contributed by atoms with Gasteiger partial charge in [0.05, 0.1) is 17.9 Å². The van der Waals surface area contributed by atoms with Crippen molar-refractivity contribution in [1.82, 2.24) is 0 Å². The molecule has 0 saturated heterocycles. The highest BCUT2D eigenvalue weighted by Crippen LogP contribution is 2.37. The Morgan fingerprint density at radius 2 is 1.51 bits per heavy atom. The lowest BCUT2D eigenvalue weighted by Gasteiger charge is -2.26. The molecule has 41 heavy (non-hydrogen) atoms. The first-order valence-corrected chi connectivity index (χ1v) is 13.8. The Hall–Kier alpha value is -4.10. The minimum absolute atomic E-state index is 0.0429. The smallest absolute Gasteiger partial charge is 0.343 e. The van der Waals surface area contributed by atoms with Crippen molar-refractivity contribution in [2.24, 2.45) is 0 Å². The van der Waals surface area contributed by atoms with Crippen molar-refractivity contribution in [3.63, 3.8) is 0 Å². The number of esters is 1. The molecule has 0 fully saturated rings. The molecule has 0 atom stereocenters. The summed E-state index contributed by atoms with van der Waals surface area (Å²) in [6.07, 6.45) is 0. The summed E-state index contributed by atoms with van der Waals surface area (Å²) in [4.78, 5) is 40.2. The summed E-state index contributed by atoms with van der Waals surface area (Å²) in [6.45, 7) is 14.9. The number of anilines is 2. The maximum atomic E-state index is 13.2.